The SMILES string of the molecule is COCC1=CCN(c2nccnc2C(=O)O)CC1. The van der Waals surface area contributed by atoms with Crippen molar-refractivity contribution in [3.05, 3.63) is 29.7 Å². The molecule has 1 aliphatic heterocycles. The van der Waals surface area contributed by atoms with E-state index in [4.69, 9.17) is 9.84 Å². The second-order valence-electron chi connectivity index (χ2n) is 4.03. The third-order valence-corrected chi connectivity index (χ3v) is 2.81. The molecule has 6 heteroatoms. The molecule has 0 fully saturated rings. The number of rotatable bonds is 4. The molecule has 1 aromatic heterocycles. The largest absolute Gasteiger partial charge is 0.476 e. The van der Waals surface area contributed by atoms with Crippen LogP contribution in [0.25, 0.3) is 0 Å². The molecule has 96 valence electrons. The van der Waals surface area contributed by atoms with E-state index in [2.05, 4.69) is 9.97 Å². The van der Waals surface area contributed by atoms with Crippen LogP contribution in [0.4, 0.5) is 5.82 Å². The average molecular weight is 249 g/mol. The number of hydrogen-bond donors (Lipinski definition) is 1. The number of aromatic nitrogens is 2. The molecule has 0 radical (unpaired) electrons. The molecular formula is C12H15N3O3. The first kappa shape index (κ1) is 12.5. The van der Waals surface area contributed by atoms with Crippen LogP contribution < -0.4 is 4.90 Å². The normalized spacial score (nSPS) is 15.4. The fourth-order valence-corrected chi connectivity index (χ4v) is 1.93. The molecule has 0 bridgehead atoms. The second kappa shape index (κ2) is 5.59. The Morgan fingerprint density at radius 1 is 1.50 bits per heavy atom. The summed E-state index contributed by atoms with van der Waals surface area (Å²) in [5.41, 5.74) is 1.23. The van der Waals surface area contributed by atoms with E-state index in [-0.39, 0.29) is 5.69 Å². The zero-order chi connectivity index (χ0) is 13.0. The number of ether oxygens (including phenoxy) is 1. The maximum absolute atomic E-state index is 11.1. The van der Waals surface area contributed by atoms with Crippen molar-refractivity contribution in [2.75, 3.05) is 31.7 Å². The van der Waals surface area contributed by atoms with E-state index < -0.39 is 5.97 Å². The maximum atomic E-state index is 11.1. The van der Waals surface area contributed by atoms with Gasteiger partial charge in [-0.15, -0.1) is 0 Å². The van der Waals surface area contributed by atoms with Gasteiger partial charge in [-0.25, -0.2) is 14.8 Å². The average Bonchev–Trinajstić information content (AvgIpc) is 2.40. The maximum Gasteiger partial charge on any atom is 0.358 e. The van der Waals surface area contributed by atoms with Crippen molar-refractivity contribution in [1.29, 1.82) is 0 Å². The van der Waals surface area contributed by atoms with Crippen molar-refractivity contribution in [1.82, 2.24) is 9.97 Å². The zero-order valence-corrected chi connectivity index (χ0v) is 10.2. The Labute approximate surface area is 105 Å². The van der Waals surface area contributed by atoms with E-state index in [1.807, 2.05) is 11.0 Å². The Morgan fingerprint density at radius 3 is 2.89 bits per heavy atom. The second-order valence-corrected chi connectivity index (χ2v) is 4.03. The highest BCUT2D eigenvalue weighted by atomic mass is 16.5. The van der Waals surface area contributed by atoms with Crippen LogP contribution in [0, 0.1) is 0 Å². The third-order valence-electron chi connectivity index (χ3n) is 2.81. The monoisotopic (exact) mass is 249 g/mol. The van der Waals surface area contributed by atoms with Gasteiger partial charge in [-0.05, 0) is 12.0 Å². The van der Waals surface area contributed by atoms with Gasteiger partial charge in [0.05, 0.1) is 6.61 Å². The fourth-order valence-electron chi connectivity index (χ4n) is 1.93. The number of nitrogens with zero attached hydrogens (tertiary/aromatic N) is 3. The van der Waals surface area contributed by atoms with Crippen LogP contribution in [0.3, 0.4) is 0 Å². The Hall–Kier alpha value is -1.95. The van der Waals surface area contributed by atoms with Gasteiger partial charge in [-0.2, -0.15) is 0 Å². The van der Waals surface area contributed by atoms with Crippen LogP contribution in [0.15, 0.2) is 24.0 Å². The van der Waals surface area contributed by atoms with E-state index in [1.165, 1.54) is 18.0 Å². The molecule has 0 saturated carbocycles. The first-order valence-electron chi connectivity index (χ1n) is 5.68. The van der Waals surface area contributed by atoms with E-state index in [0.29, 0.717) is 19.0 Å². The number of hydrogen-bond acceptors (Lipinski definition) is 5. The summed E-state index contributed by atoms with van der Waals surface area (Å²) in [6.07, 6.45) is 5.80. The summed E-state index contributed by atoms with van der Waals surface area (Å²) < 4.78 is 5.08. The highest BCUT2D eigenvalue weighted by molar-refractivity contribution is 5.91. The highest BCUT2D eigenvalue weighted by Crippen LogP contribution is 2.20. The van der Waals surface area contributed by atoms with Gasteiger partial charge in [0.15, 0.2) is 11.5 Å². The molecule has 0 unspecified atom stereocenters. The van der Waals surface area contributed by atoms with Crippen molar-refractivity contribution >= 4 is 11.8 Å². The van der Waals surface area contributed by atoms with Crippen LogP contribution >= 0.6 is 0 Å². The standard InChI is InChI=1S/C12H15N3O3/c1-18-8-9-2-6-15(7-3-9)11-10(12(16)17)13-4-5-14-11/h2,4-5H,3,6-8H2,1H3,(H,16,17). The minimum atomic E-state index is -1.05. The lowest BCUT2D eigenvalue weighted by molar-refractivity contribution is 0.0690. The van der Waals surface area contributed by atoms with Crippen molar-refractivity contribution < 1.29 is 14.6 Å². The quantitative estimate of drug-likeness (QED) is 0.801. The first-order valence-corrected chi connectivity index (χ1v) is 5.68. The Kier molecular flexibility index (Phi) is 3.88. The summed E-state index contributed by atoms with van der Waals surface area (Å²) in [6, 6.07) is 0. The van der Waals surface area contributed by atoms with Crippen molar-refractivity contribution in [3.8, 4) is 0 Å². The zero-order valence-electron chi connectivity index (χ0n) is 10.2. The predicted molar refractivity (Wildman–Crippen MR) is 65.8 cm³/mol. The molecule has 1 N–H and O–H groups in total. The molecule has 0 amide bonds. The molecule has 1 aromatic rings. The number of methoxy groups -OCH3 is 1. The smallest absolute Gasteiger partial charge is 0.358 e. The lowest BCUT2D eigenvalue weighted by Crippen LogP contribution is -2.31. The molecule has 0 saturated heterocycles. The lowest BCUT2D eigenvalue weighted by Gasteiger charge is -2.27. The summed E-state index contributed by atoms with van der Waals surface area (Å²) in [5.74, 6) is -0.623. The molecule has 18 heavy (non-hydrogen) atoms. The van der Waals surface area contributed by atoms with Crippen molar-refractivity contribution in [3.63, 3.8) is 0 Å². The molecule has 1 aliphatic rings. The highest BCUT2D eigenvalue weighted by Gasteiger charge is 2.20. The van der Waals surface area contributed by atoms with E-state index >= 15 is 0 Å². The molecule has 0 aromatic carbocycles. The summed E-state index contributed by atoms with van der Waals surface area (Å²) >= 11 is 0. The van der Waals surface area contributed by atoms with Crippen LogP contribution in [-0.4, -0.2) is 47.8 Å². The summed E-state index contributed by atoms with van der Waals surface area (Å²) in [4.78, 5) is 21.0. The lowest BCUT2D eigenvalue weighted by atomic mass is 10.1. The molecule has 2 rings (SSSR count). The third kappa shape index (κ3) is 2.65. The molecule has 0 spiro atoms. The van der Waals surface area contributed by atoms with E-state index in [9.17, 15) is 4.79 Å². The molecule has 0 atom stereocenters. The number of carboxylic acids is 1. The van der Waals surface area contributed by atoms with Gasteiger partial charge in [0.2, 0.25) is 0 Å². The van der Waals surface area contributed by atoms with Gasteiger partial charge in [0.1, 0.15) is 0 Å². The molecule has 6 nitrogen and oxygen atoms in total. The molecule has 0 aliphatic carbocycles. The van der Waals surface area contributed by atoms with Gasteiger partial charge < -0.3 is 14.7 Å². The van der Waals surface area contributed by atoms with Crippen LogP contribution in [-0.2, 0) is 4.74 Å². The Bertz CT molecular complexity index is 473. The predicted octanol–water partition coefficient (Wildman–Crippen LogP) is 0.958. The minimum Gasteiger partial charge on any atom is -0.476 e. The van der Waals surface area contributed by atoms with Crippen LogP contribution in [0.1, 0.15) is 16.9 Å². The Balaban J connectivity index is 2.17. The van der Waals surface area contributed by atoms with Gasteiger partial charge in [-0.3, -0.25) is 0 Å². The summed E-state index contributed by atoms with van der Waals surface area (Å²) in [7, 11) is 1.67. The number of anilines is 1. The topological polar surface area (TPSA) is 75.5 Å². The number of carboxylic acid groups (broad SMARTS) is 1. The molecule has 2 heterocycles. The Morgan fingerprint density at radius 2 is 2.28 bits per heavy atom. The summed E-state index contributed by atoms with van der Waals surface area (Å²) in [6.45, 7) is 1.99. The van der Waals surface area contributed by atoms with Gasteiger partial charge in [-0.1, -0.05) is 6.08 Å². The summed E-state index contributed by atoms with van der Waals surface area (Å²) in [5, 5.41) is 9.07. The van der Waals surface area contributed by atoms with Gasteiger partial charge in [0, 0.05) is 32.6 Å². The van der Waals surface area contributed by atoms with Crippen LogP contribution in [0.5, 0.6) is 0 Å². The van der Waals surface area contributed by atoms with Crippen molar-refractivity contribution in [2.45, 2.75) is 6.42 Å². The first-order chi connectivity index (χ1) is 8.72. The van der Waals surface area contributed by atoms with Crippen molar-refractivity contribution in [2.24, 2.45) is 0 Å². The number of aromatic carboxylic acids is 1. The van der Waals surface area contributed by atoms with Crippen LogP contribution in [0.2, 0.25) is 0 Å². The van der Waals surface area contributed by atoms with E-state index in [0.717, 1.165) is 13.0 Å². The number of carbonyl (C=O) groups is 1. The van der Waals surface area contributed by atoms with Gasteiger partial charge >= 0.3 is 5.97 Å². The fraction of sp³-hybridized carbons (Fsp3) is 0.417. The van der Waals surface area contributed by atoms with E-state index in [1.54, 1.807) is 7.11 Å². The minimum absolute atomic E-state index is 0.00101. The van der Waals surface area contributed by atoms with Gasteiger partial charge in [0.25, 0.3) is 0 Å². The molecular weight excluding hydrogens is 234 g/mol.